The lowest BCUT2D eigenvalue weighted by molar-refractivity contribution is 0.675. The summed E-state index contributed by atoms with van der Waals surface area (Å²) in [5.41, 5.74) is 2.70. The Bertz CT molecular complexity index is 597. The van der Waals surface area contributed by atoms with Crippen molar-refractivity contribution >= 4 is 21.6 Å². The summed E-state index contributed by atoms with van der Waals surface area (Å²) >= 11 is 3.46. The van der Waals surface area contributed by atoms with Crippen molar-refractivity contribution in [3.63, 3.8) is 0 Å². The molecule has 0 bridgehead atoms. The number of anilines is 1. The number of nitrogens with one attached hydrogen (secondary N) is 1. The third kappa shape index (κ3) is 2.54. The van der Waals surface area contributed by atoms with E-state index in [9.17, 15) is 0 Å². The minimum Gasteiger partial charge on any atom is -0.376 e. The fourth-order valence-electron chi connectivity index (χ4n) is 1.82. The van der Waals surface area contributed by atoms with Gasteiger partial charge in [-0.05, 0) is 47.1 Å². The largest absolute Gasteiger partial charge is 0.376 e. The molecule has 1 aromatic heterocycles. The normalized spacial score (nSPS) is 11.9. The van der Waals surface area contributed by atoms with Gasteiger partial charge >= 0.3 is 0 Å². The van der Waals surface area contributed by atoms with Crippen molar-refractivity contribution < 1.29 is 0 Å². The fraction of sp³-hybridized carbons (Fsp3) is 0.231. The number of hydrogen-bond donors (Lipinski definition) is 1. The van der Waals surface area contributed by atoms with Crippen LogP contribution >= 0.6 is 15.9 Å². The van der Waals surface area contributed by atoms with Crippen molar-refractivity contribution in [2.45, 2.75) is 13.0 Å². The van der Waals surface area contributed by atoms with Crippen LogP contribution < -0.4 is 5.32 Å². The SMILES string of the molecule is CC(Nc1ccc(C#N)cc1Br)c1ccnn1C. The Morgan fingerprint density at radius 2 is 2.22 bits per heavy atom. The Morgan fingerprint density at radius 1 is 1.44 bits per heavy atom. The van der Waals surface area contributed by atoms with Crippen LogP contribution in [0, 0.1) is 11.3 Å². The second-order valence-corrected chi connectivity index (χ2v) is 4.91. The van der Waals surface area contributed by atoms with Crippen LogP contribution in [-0.4, -0.2) is 9.78 Å². The molecule has 0 amide bonds. The van der Waals surface area contributed by atoms with E-state index in [1.807, 2.05) is 23.9 Å². The Kier molecular flexibility index (Phi) is 3.68. The van der Waals surface area contributed by atoms with Gasteiger partial charge in [-0.2, -0.15) is 10.4 Å². The van der Waals surface area contributed by atoms with E-state index >= 15 is 0 Å². The molecule has 1 atom stereocenters. The highest BCUT2D eigenvalue weighted by atomic mass is 79.9. The molecule has 0 aliphatic rings. The van der Waals surface area contributed by atoms with E-state index in [0.717, 1.165) is 15.9 Å². The second-order valence-electron chi connectivity index (χ2n) is 4.05. The first-order valence-corrected chi connectivity index (χ1v) is 6.35. The number of rotatable bonds is 3. The highest BCUT2D eigenvalue weighted by molar-refractivity contribution is 9.10. The zero-order valence-corrected chi connectivity index (χ0v) is 11.8. The van der Waals surface area contributed by atoms with Gasteiger partial charge in [0.05, 0.1) is 23.4 Å². The standard InChI is InChI=1S/C13H13BrN4/c1-9(13-5-6-16-18(13)2)17-12-4-3-10(8-15)7-11(12)14/h3-7,9,17H,1-2H3. The van der Waals surface area contributed by atoms with Gasteiger partial charge in [0, 0.05) is 23.4 Å². The molecule has 0 aliphatic heterocycles. The minimum absolute atomic E-state index is 0.140. The number of hydrogen-bond acceptors (Lipinski definition) is 3. The van der Waals surface area contributed by atoms with Crippen molar-refractivity contribution in [3.8, 4) is 6.07 Å². The zero-order valence-electron chi connectivity index (χ0n) is 10.2. The molecule has 1 unspecified atom stereocenters. The minimum atomic E-state index is 0.140. The Labute approximate surface area is 114 Å². The molecule has 1 N–H and O–H groups in total. The monoisotopic (exact) mass is 304 g/mol. The van der Waals surface area contributed by atoms with Crippen molar-refractivity contribution in [2.24, 2.45) is 7.05 Å². The highest BCUT2D eigenvalue weighted by Gasteiger charge is 2.10. The first kappa shape index (κ1) is 12.7. The van der Waals surface area contributed by atoms with Crippen LogP contribution in [0.25, 0.3) is 0 Å². The summed E-state index contributed by atoms with van der Waals surface area (Å²) in [5.74, 6) is 0. The smallest absolute Gasteiger partial charge is 0.0992 e. The van der Waals surface area contributed by atoms with E-state index in [4.69, 9.17) is 5.26 Å². The van der Waals surface area contributed by atoms with Gasteiger partial charge in [0.15, 0.2) is 0 Å². The van der Waals surface area contributed by atoms with E-state index in [0.29, 0.717) is 5.56 Å². The fourth-order valence-corrected chi connectivity index (χ4v) is 2.31. The Morgan fingerprint density at radius 3 is 2.78 bits per heavy atom. The van der Waals surface area contributed by atoms with Crippen molar-refractivity contribution in [3.05, 3.63) is 46.2 Å². The van der Waals surface area contributed by atoms with Crippen LogP contribution in [0.4, 0.5) is 5.69 Å². The van der Waals surface area contributed by atoms with Crippen LogP contribution in [0.3, 0.4) is 0 Å². The molecular weight excluding hydrogens is 292 g/mol. The van der Waals surface area contributed by atoms with E-state index in [2.05, 4.69) is 39.3 Å². The summed E-state index contributed by atoms with van der Waals surface area (Å²) in [7, 11) is 1.92. The summed E-state index contributed by atoms with van der Waals surface area (Å²) in [6, 6.07) is 9.73. The molecule has 0 saturated carbocycles. The number of nitrogens with zero attached hydrogens (tertiary/aromatic N) is 3. The maximum absolute atomic E-state index is 8.82. The van der Waals surface area contributed by atoms with Crippen LogP contribution in [0.15, 0.2) is 34.9 Å². The molecule has 0 aliphatic carbocycles. The summed E-state index contributed by atoms with van der Waals surface area (Å²) < 4.78 is 2.73. The van der Waals surface area contributed by atoms with Gasteiger partial charge in [-0.15, -0.1) is 0 Å². The number of nitriles is 1. The quantitative estimate of drug-likeness (QED) is 0.947. The third-order valence-electron chi connectivity index (χ3n) is 2.77. The molecule has 1 heterocycles. The van der Waals surface area contributed by atoms with Gasteiger partial charge in [0.2, 0.25) is 0 Å². The molecule has 5 heteroatoms. The summed E-state index contributed by atoms with van der Waals surface area (Å²) in [4.78, 5) is 0. The van der Waals surface area contributed by atoms with Crippen LogP contribution in [0.5, 0.6) is 0 Å². The number of aryl methyl sites for hydroxylation is 1. The maximum Gasteiger partial charge on any atom is 0.0992 e. The van der Waals surface area contributed by atoms with Gasteiger partial charge in [-0.1, -0.05) is 0 Å². The van der Waals surface area contributed by atoms with E-state index in [1.165, 1.54) is 0 Å². The van der Waals surface area contributed by atoms with Gasteiger partial charge in [-0.3, -0.25) is 4.68 Å². The Balaban J connectivity index is 2.20. The molecule has 4 nitrogen and oxygen atoms in total. The maximum atomic E-state index is 8.82. The molecule has 18 heavy (non-hydrogen) atoms. The predicted molar refractivity (Wildman–Crippen MR) is 74.1 cm³/mol. The molecule has 0 spiro atoms. The number of benzene rings is 1. The average molecular weight is 305 g/mol. The molecule has 2 rings (SSSR count). The summed E-state index contributed by atoms with van der Waals surface area (Å²) in [6.45, 7) is 2.07. The van der Waals surface area contributed by atoms with Gasteiger partial charge in [0.25, 0.3) is 0 Å². The first-order chi connectivity index (χ1) is 8.61. The lowest BCUT2D eigenvalue weighted by Gasteiger charge is -2.16. The summed E-state index contributed by atoms with van der Waals surface area (Å²) in [5, 5.41) is 16.4. The van der Waals surface area contributed by atoms with Crippen molar-refractivity contribution in [2.75, 3.05) is 5.32 Å². The van der Waals surface area contributed by atoms with Gasteiger partial charge < -0.3 is 5.32 Å². The molecule has 1 aromatic carbocycles. The molecule has 2 aromatic rings. The van der Waals surface area contributed by atoms with Crippen molar-refractivity contribution in [1.82, 2.24) is 9.78 Å². The zero-order chi connectivity index (χ0) is 13.1. The molecule has 0 fully saturated rings. The van der Waals surface area contributed by atoms with Crippen LogP contribution in [0.2, 0.25) is 0 Å². The Hall–Kier alpha value is -1.80. The van der Waals surface area contributed by atoms with Crippen molar-refractivity contribution in [1.29, 1.82) is 5.26 Å². The molecule has 0 saturated heterocycles. The second kappa shape index (κ2) is 5.23. The third-order valence-corrected chi connectivity index (χ3v) is 3.43. The molecule has 92 valence electrons. The lowest BCUT2D eigenvalue weighted by Crippen LogP contribution is -2.11. The average Bonchev–Trinajstić information content (AvgIpc) is 2.78. The van der Waals surface area contributed by atoms with Crippen LogP contribution in [0.1, 0.15) is 24.2 Å². The predicted octanol–water partition coefficient (Wildman–Crippen LogP) is 3.23. The number of aromatic nitrogens is 2. The summed E-state index contributed by atoms with van der Waals surface area (Å²) in [6.07, 6.45) is 1.78. The highest BCUT2D eigenvalue weighted by Crippen LogP contribution is 2.27. The van der Waals surface area contributed by atoms with Gasteiger partial charge in [0.1, 0.15) is 0 Å². The van der Waals surface area contributed by atoms with Gasteiger partial charge in [-0.25, -0.2) is 0 Å². The lowest BCUT2D eigenvalue weighted by atomic mass is 10.2. The van der Waals surface area contributed by atoms with Crippen LogP contribution in [-0.2, 0) is 7.05 Å². The van der Waals surface area contributed by atoms with E-state index < -0.39 is 0 Å². The van der Waals surface area contributed by atoms with E-state index in [-0.39, 0.29) is 6.04 Å². The topological polar surface area (TPSA) is 53.6 Å². The first-order valence-electron chi connectivity index (χ1n) is 5.56. The van der Waals surface area contributed by atoms with E-state index in [1.54, 1.807) is 18.3 Å². The molecular formula is C13H13BrN4. The number of halogens is 1. The molecule has 0 radical (unpaired) electrons.